The van der Waals surface area contributed by atoms with E-state index in [-0.39, 0.29) is 12.4 Å². The highest BCUT2D eigenvalue weighted by Gasteiger charge is 2.57. The third-order valence-corrected chi connectivity index (χ3v) is 12.7. The molecular weight excluding hydrogens is 685 g/mol. The van der Waals surface area contributed by atoms with Crippen LogP contribution in [0.1, 0.15) is 85.3 Å². The van der Waals surface area contributed by atoms with Gasteiger partial charge in [0.15, 0.2) is 5.70 Å². The van der Waals surface area contributed by atoms with Gasteiger partial charge in [-0.05, 0) is 148 Å². The maximum atomic E-state index is 16.8. The van der Waals surface area contributed by atoms with Crippen LogP contribution in [0.25, 0.3) is 48.7 Å². The molecule has 0 saturated carbocycles. The summed E-state index contributed by atoms with van der Waals surface area (Å²) in [6, 6.07) is 27.6. The van der Waals surface area contributed by atoms with Gasteiger partial charge in [-0.3, -0.25) is 4.79 Å². The first-order valence-corrected chi connectivity index (χ1v) is 19.6. The summed E-state index contributed by atoms with van der Waals surface area (Å²) in [6.45, 7) is 11.5. The molecule has 0 fully saturated rings. The predicted molar refractivity (Wildman–Crippen MR) is 224 cm³/mol. The molecule has 2 aliphatic rings. The number of benzene rings is 6. The summed E-state index contributed by atoms with van der Waals surface area (Å²) in [5.74, 6) is 0.155. The molecule has 0 N–H and O–H groups in total. The van der Waals surface area contributed by atoms with E-state index in [2.05, 4.69) is 66.7 Å². The van der Waals surface area contributed by atoms with Gasteiger partial charge in [0.1, 0.15) is 11.5 Å². The zero-order chi connectivity index (χ0) is 38.7. The number of nitrogens with zero attached hydrogens (tertiary/aromatic N) is 2. The van der Waals surface area contributed by atoms with Gasteiger partial charge in [0.2, 0.25) is 0 Å². The van der Waals surface area contributed by atoms with Crippen LogP contribution in [-0.4, -0.2) is 27.6 Å². The average Bonchev–Trinajstić information content (AvgIpc) is 3.58. The van der Waals surface area contributed by atoms with E-state index in [4.69, 9.17) is 4.74 Å². The van der Waals surface area contributed by atoms with E-state index in [9.17, 15) is 4.79 Å². The average molecular weight is 731 g/mol. The van der Waals surface area contributed by atoms with E-state index in [1.165, 1.54) is 46.7 Å². The number of carbonyl (C=O) groups excluding carboxylic acids is 1. The normalized spacial score (nSPS) is 15.4. The first-order chi connectivity index (χ1) is 26.4. The highest BCUT2D eigenvalue weighted by molar-refractivity contribution is 6.58. The van der Waals surface area contributed by atoms with Gasteiger partial charge in [-0.2, -0.15) is 0 Å². The van der Waals surface area contributed by atoms with Crippen molar-refractivity contribution in [3.63, 3.8) is 0 Å². The second kappa shape index (κ2) is 12.5. The molecule has 0 spiro atoms. The van der Waals surface area contributed by atoms with Crippen molar-refractivity contribution in [2.75, 3.05) is 0 Å². The minimum Gasteiger partial charge on any atom is -0.427 e. The number of rotatable bonds is 7. The molecule has 7 aromatic rings. The van der Waals surface area contributed by atoms with Gasteiger partial charge in [0, 0.05) is 23.8 Å². The molecule has 0 radical (unpaired) electrons. The molecule has 0 bridgehead atoms. The maximum absolute atomic E-state index is 16.8. The Bertz CT molecular complexity index is 2850. The van der Waals surface area contributed by atoms with Crippen molar-refractivity contribution in [1.82, 2.24) is 4.48 Å². The van der Waals surface area contributed by atoms with Crippen molar-refractivity contribution < 1.29 is 22.6 Å². The molecule has 9 rings (SSSR count). The zero-order valence-electron chi connectivity index (χ0n) is 32.9. The summed E-state index contributed by atoms with van der Waals surface area (Å²) in [5.41, 5.74) is 10.7. The van der Waals surface area contributed by atoms with E-state index in [0.29, 0.717) is 47.8 Å². The topological polar surface area (TPSA) is 34.2 Å². The van der Waals surface area contributed by atoms with Crippen molar-refractivity contribution in [1.29, 1.82) is 0 Å². The number of halogens is 2. The smallest absolute Gasteiger partial charge is 0.427 e. The number of ether oxygens (including phenoxy) is 1. The molecule has 55 heavy (non-hydrogen) atoms. The van der Waals surface area contributed by atoms with Crippen molar-refractivity contribution in [3.05, 3.63) is 140 Å². The second-order valence-corrected chi connectivity index (χ2v) is 15.6. The summed E-state index contributed by atoms with van der Waals surface area (Å²) < 4.78 is 42.3. The molecule has 0 unspecified atom stereocenters. The Kier molecular flexibility index (Phi) is 7.98. The summed E-state index contributed by atoms with van der Waals surface area (Å²) >= 11 is 0. The lowest BCUT2D eigenvalue weighted by Gasteiger charge is -2.34. The largest absolute Gasteiger partial charge is 0.737 e. The third kappa shape index (κ3) is 4.87. The monoisotopic (exact) mass is 730 g/mol. The maximum Gasteiger partial charge on any atom is 0.737 e. The Labute approximate surface area is 320 Å². The molecule has 6 aromatic carbocycles. The van der Waals surface area contributed by atoms with Crippen molar-refractivity contribution >= 4 is 67.3 Å². The minimum atomic E-state index is -4.12. The fraction of sp³-hybridized carbons (Fsp3) is 0.250. The van der Waals surface area contributed by atoms with Gasteiger partial charge in [-0.15, -0.1) is 0 Å². The van der Waals surface area contributed by atoms with Crippen molar-refractivity contribution in [2.24, 2.45) is 0 Å². The van der Waals surface area contributed by atoms with E-state index in [1.807, 2.05) is 67.5 Å². The predicted octanol–water partition coefficient (Wildman–Crippen LogP) is 12.1. The molecule has 0 atom stereocenters. The van der Waals surface area contributed by atoms with E-state index in [1.54, 1.807) is 0 Å². The number of aromatic nitrogens is 1. The van der Waals surface area contributed by atoms with Gasteiger partial charge in [-0.1, -0.05) is 80.6 Å². The SMILES string of the molecule is CCC1=C(C)C2=C(c3c(C)cc(OC(=O)CCc4ccc5c6cccc7cccc(c8cccc4c85)c76)cc3C)c3c(C)c(CC)c(C)n3[B-](F)(F)[N+]2=C1C. The molecule has 2 aliphatic heterocycles. The number of hydrogen-bond acceptors (Lipinski definition) is 2. The summed E-state index contributed by atoms with van der Waals surface area (Å²) in [7, 11) is 0. The van der Waals surface area contributed by atoms with Crippen LogP contribution in [0.5, 0.6) is 5.75 Å². The van der Waals surface area contributed by atoms with Crippen LogP contribution in [0.4, 0.5) is 8.63 Å². The van der Waals surface area contributed by atoms with Gasteiger partial charge in [-0.25, -0.2) is 0 Å². The first-order valence-electron chi connectivity index (χ1n) is 19.6. The van der Waals surface area contributed by atoms with Gasteiger partial charge in [0.05, 0.1) is 12.0 Å². The molecule has 0 aliphatic carbocycles. The number of hydrogen-bond donors (Lipinski definition) is 0. The molecule has 0 saturated heterocycles. The van der Waals surface area contributed by atoms with Crippen LogP contribution in [0.2, 0.25) is 0 Å². The van der Waals surface area contributed by atoms with E-state index >= 15 is 8.63 Å². The first kappa shape index (κ1) is 35.2. The lowest BCUT2D eigenvalue weighted by molar-refractivity contribution is -0.363. The standard InChI is InChI=1S/C48H45BF2N2O2/c1-9-35-28(5)47-46(48-29(6)36(10-2)31(8)53(48)49(50,51)52(47)30(35)7)43-26(3)24-34(25-27(43)4)55-42(54)23-21-32-20-22-41-39-18-12-15-33-14-11-17-38(44(33)39)40-19-13-16-37(32)45(40)41/h11-20,22,24-25H,9-10,21,23H2,1-8H3. The Morgan fingerprint density at radius 3 is 2.00 bits per heavy atom. The van der Waals surface area contributed by atoms with E-state index in [0.717, 1.165) is 55.5 Å². The van der Waals surface area contributed by atoms with Crippen LogP contribution in [0.3, 0.4) is 0 Å². The van der Waals surface area contributed by atoms with Crippen molar-refractivity contribution in [3.8, 4) is 5.75 Å². The molecule has 3 heterocycles. The summed E-state index contributed by atoms with van der Waals surface area (Å²) in [6.07, 6.45) is 2.10. The van der Waals surface area contributed by atoms with Gasteiger partial charge >= 0.3 is 12.9 Å². The highest BCUT2D eigenvalue weighted by Crippen LogP contribution is 2.49. The molecule has 1 aromatic heterocycles. The van der Waals surface area contributed by atoms with E-state index < -0.39 is 6.97 Å². The number of esters is 1. The van der Waals surface area contributed by atoms with Crippen LogP contribution in [-0.2, 0) is 17.6 Å². The number of allylic oxidation sites excluding steroid dienone is 2. The Balaban J connectivity index is 1.07. The third-order valence-electron chi connectivity index (χ3n) is 12.7. The second-order valence-electron chi connectivity index (χ2n) is 15.6. The Morgan fingerprint density at radius 1 is 0.764 bits per heavy atom. The Morgan fingerprint density at radius 2 is 1.36 bits per heavy atom. The molecule has 276 valence electrons. The van der Waals surface area contributed by atoms with Gasteiger partial charge in [0.25, 0.3) is 0 Å². The van der Waals surface area contributed by atoms with Crippen LogP contribution >= 0.6 is 0 Å². The molecular formula is C48H45BF2N2O2. The molecule has 7 heteroatoms. The number of fused-ring (bicyclic) bond motifs is 4. The van der Waals surface area contributed by atoms with Crippen molar-refractivity contribution in [2.45, 2.75) is 81.1 Å². The number of carbonyl (C=O) groups is 1. The number of aryl methyl sites for hydroxylation is 3. The minimum absolute atomic E-state index is 0.219. The molecule has 0 amide bonds. The van der Waals surface area contributed by atoms with Gasteiger partial charge < -0.3 is 22.3 Å². The summed E-state index contributed by atoms with van der Waals surface area (Å²) in [4.78, 5) is 13.5. The zero-order valence-corrected chi connectivity index (χ0v) is 32.9. The quantitative estimate of drug-likeness (QED) is 0.0538. The lowest BCUT2D eigenvalue weighted by atomic mass is 9.81. The summed E-state index contributed by atoms with van der Waals surface area (Å²) in [5, 5.41) is 9.83. The van der Waals surface area contributed by atoms with Crippen LogP contribution in [0, 0.1) is 27.7 Å². The fourth-order valence-corrected chi connectivity index (χ4v) is 10.4. The molecule has 4 nitrogen and oxygen atoms in total. The van der Waals surface area contributed by atoms with Crippen LogP contribution < -0.4 is 4.74 Å². The Hall–Kier alpha value is -5.56. The van der Waals surface area contributed by atoms with Crippen LogP contribution in [0.15, 0.2) is 95.7 Å². The highest BCUT2D eigenvalue weighted by atomic mass is 19.2. The fourth-order valence-electron chi connectivity index (χ4n) is 10.4. The lowest BCUT2D eigenvalue weighted by Crippen LogP contribution is -2.51.